The van der Waals surface area contributed by atoms with Crippen LogP contribution in [0.15, 0.2) is 24.5 Å². The Labute approximate surface area is 77.8 Å². The molecule has 2 aromatic heterocycles. The average Bonchev–Trinajstić information content (AvgIpc) is 2.46. The summed E-state index contributed by atoms with van der Waals surface area (Å²) in [6.07, 6.45) is 2.61. The summed E-state index contributed by atoms with van der Waals surface area (Å²) in [7, 11) is 0. The summed E-state index contributed by atoms with van der Waals surface area (Å²) in [5.41, 5.74) is 0.609. The van der Waals surface area contributed by atoms with Crippen LogP contribution in [0.25, 0.3) is 5.65 Å². The molecule has 0 spiro atoms. The summed E-state index contributed by atoms with van der Waals surface area (Å²) >= 11 is 5.21. The minimum atomic E-state index is -0.649. The number of fused-ring (bicyclic) bond motifs is 1. The van der Waals surface area contributed by atoms with E-state index in [1.54, 1.807) is 0 Å². The lowest BCUT2D eigenvalue weighted by atomic mass is 10.5. The molecule has 0 aromatic carbocycles. The van der Waals surface area contributed by atoms with Gasteiger partial charge in [-0.3, -0.25) is 4.79 Å². The standard InChI is InChI=1S/C8H4ClFN2O/c9-8(13)6-4-12-3-5(10)1-2-7(12)11-6/h1-4H. The predicted molar refractivity (Wildman–Crippen MR) is 45.3 cm³/mol. The van der Waals surface area contributed by atoms with Crippen molar-refractivity contribution in [3.05, 3.63) is 36.0 Å². The lowest BCUT2D eigenvalue weighted by molar-refractivity contribution is 0.107. The Morgan fingerprint density at radius 1 is 1.46 bits per heavy atom. The molecule has 0 unspecified atom stereocenters. The molecule has 0 saturated carbocycles. The summed E-state index contributed by atoms with van der Waals surface area (Å²) in [4.78, 5) is 14.6. The van der Waals surface area contributed by atoms with Crippen LogP contribution < -0.4 is 0 Å². The maximum absolute atomic E-state index is 12.7. The van der Waals surface area contributed by atoms with Gasteiger partial charge in [0.05, 0.1) is 0 Å². The predicted octanol–water partition coefficient (Wildman–Crippen LogP) is 1.85. The van der Waals surface area contributed by atoms with Gasteiger partial charge < -0.3 is 4.40 Å². The third-order valence-corrected chi connectivity index (χ3v) is 1.81. The van der Waals surface area contributed by atoms with E-state index in [2.05, 4.69) is 4.98 Å². The Kier molecular flexibility index (Phi) is 1.77. The van der Waals surface area contributed by atoms with E-state index in [4.69, 9.17) is 11.6 Å². The molecule has 66 valence electrons. The van der Waals surface area contributed by atoms with E-state index in [1.807, 2.05) is 0 Å². The molecule has 0 N–H and O–H groups in total. The molecule has 0 saturated heterocycles. The first-order valence-corrected chi connectivity index (χ1v) is 3.89. The summed E-state index contributed by atoms with van der Waals surface area (Å²) in [5, 5.41) is -0.649. The summed E-state index contributed by atoms with van der Waals surface area (Å²) in [6.45, 7) is 0. The van der Waals surface area contributed by atoms with Crippen molar-refractivity contribution in [1.82, 2.24) is 9.38 Å². The van der Waals surface area contributed by atoms with Crippen molar-refractivity contribution >= 4 is 22.5 Å². The number of hydrogen-bond acceptors (Lipinski definition) is 2. The first-order chi connectivity index (χ1) is 6.16. The maximum atomic E-state index is 12.7. The molecule has 0 aliphatic carbocycles. The van der Waals surface area contributed by atoms with Gasteiger partial charge >= 0.3 is 0 Å². The summed E-state index contributed by atoms with van der Waals surface area (Å²) < 4.78 is 14.1. The molecule has 0 radical (unpaired) electrons. The van der Waals surface area contributed by atoms with Gasteiger partial charge in [-0.15, -0.1) is 0 Å². The van der Waals surface area contributed by atoms with E-state index >= 15 is 0 Å². The van der Waals surface area contributed by atoms with Gasteiger partial charge in [0.2, 0.25) is 0 Å². The number of halogens is 2. The highest BCUT2D eigenvalue weighted by atomic mass is 35.5. The van der Waals surface area contributed by atoms with Crippen LogP contribution >= 0.6 is 11.6 Å². The minimum Gasteiger partial charge on any atom is -0.303 e. The van der Waals surface area contributed by atoms with Crippen molar-refractivity contribution in [3.8, 4) is 0 Å². The Bertz CT molecular complexity index is 480. The van der Waals surface area contributed by atoms with Crippen LogP contribution in [-0.2, 0) is 0 Å². The zero-order valence-corrected chi connectivity index (χ0v) is 7.12. The van der Waals surface area contributed by atoms with Gasteiger partial charge in [-0.2, -0.15) is 0 Å². The number of aromatic nitrogens is 2. The number of nitrogens with zero attached hydrogens (tertiary/aromatic N) is 2. The molecule has 0 aliphatic rings. The molecule has 0 aliphatic heterocycles. The quantitative estimate of drug-likeness (QED) is 0.656. The van der Waals surface area contributed by atoms with Crippen LogP contribution in [0, 0.1) is 5.82 Å². The van der Waals surface area contributed by atoms with E-state index in [0.29, 0.717) is 5.65 Å². The monoisotopic (exact) mass is 198 g/mol. The van der Waals surface area contributed by atoms with Crippen molar-refractivity contribution in [1.29, 1.82) is 0 Å². The van der Waals surface area contributed by atoms with Crippen LogP contribution in [0.1, 0.15) is 10.5 Å². The topological polar surface area (TPSA) is 34.4 Å². The molecule has 0 fully saturated rings. The number of imidazole rings is 1. The van der Waals surface area contributed by atoms with E-state index in [-0.39, 0.29) is 5.69 Å². The molecule has 13 heavy (non-hydrogen) atoms. The second-order valence-electron chi connectivity index (χ2n) is 2.51. The lowest BCUT2D eigenvalue weighted by Crippen LogP contribution is -1.86. The van der Waals surface area contributed by atoms with Crippen LogP contribution in [0.4, 0.5) is 4.39 Å². The van der Waals surface area contributed by atoms with Gasteiger partial charge in [0.15, 0.2) is 0 Å². The normalized spacial score (nSPS) is 10.6. The Hall–Kier alpha value is -1.42. The number of pyridine rings is 1. The minimum absolute atomic E-state index is 0.118. The van der Waals surface area contributed by atoms with Gasteiger partial charge in [-0.05, 0) is 23.7 Å². The van der Waals surface area contributed by atoms with Gasteiger partial charge in [0, 0.05) is 12.4 Å². The SMILES string of the molecule is O=C(Cl)c1cn2cc(F)ccc2n1. The highest BCUT2D eigenvalue weighted by molar-refractivity contribution is 6.67. The van der Waals surface area contributed by atoms with Crippen molar-refractivity contribution in [2.24, 2.45) is 0 Å². The van der Waals surface area contributed by atoms with Gasteiger partial charge in [-0.25, -0.2) is 9.37 Å². The molecule has 2 rings (SSSR count). The maximum Gasteiger partial charge on any atom is 0.272 e. The fourth-order valence-electron chi connectivity index (χ4n) is 1.06. The van der Waals surface area contributed by atoms with Crippen molar-refractivity contribution in [3.63, 3.8) is 0 Å². The van der Waals surface area contributed by atoms with Crippen LogP contribution in [-0.4, -0.2) is 14.6 Å². The van der Waals surface area contributed by atoms with Crippen LogP contribution in [0.5, 0.6) is 0 Å². The van der Waals surface area contributed by atoms with Crippen molar-refractivity contribution in [2.45, 2.75) is 0 Å². The number of hydrogen-bond donors (Lipinski definition) is 0. The van der Waals surface area contributed by atoms with Crippen molar-refractivity contribution in [2.75, 3.05) is 0 Å². The van der Waals surface area contributed by atoms with E-state index in [1.165, 1.54) is 28.9 Å². The van der Waals surface area contributed by atoms with E-state index in [0.717, 1.165) is 0 Å². The first-order valence-electron chi connectivity index (χ1n) is 3.51. The Morgan fingerprint density at radius 2 is 2.23 bits per heavy atom. The molecule has 0 amide bonds. The lowest BCUT2D eigenvalue weighted by Gasteiger charge is -1.90. The second-order valence-corrected chi connectivity index (χ2v) is 2.86. The Morgan fingerprint density at radius 3 is 2.92 bits per heavy atom. The van der Waals surface area contributed by atoms with Crippen molar-refractivity contribution < 1.29 is 9.18 Å². The van der Waals surface area contributed by atoms with Gasteiger partial charge in [0.25, 0.3) is 5.24 Å². The Balaban J connectivity index is 2.68. The van der Waals surface area contributed by atoms with Gasteiger partial charge in [0.1, 0.15) is 17.2 Å². The van der Waals surface area contributed by atoms with Gasteiger partial charge in [-0.1, -0.05) is 0 Å². The molecular weight excluding hydrogens is 195 g/mol. The molecule has 0 atom stereocenters. The van der Waals surface area contributed by atoms with E-state index in [9.17, 15) is 9.18 Å². The second kappa shape index (κ2) is 2.81. The highest BCUT2D eigenvalue weighted by Crippen LogP contribution is 2.08. The largest absolute Gasteiger partial charge is 0.303 e. The first kappa shape index (κ1) is 8.19. The molecule has 2 aromatic rings. The molecule has 2 heterocycles. The fraction of sp³-hybridized carbons (Fsp3) is 0. The fourth-order valence-corrected chi connectivity index (χ4v) is 1.15. The average molecular weight is 199 g/mol. The molecule has 0 bridgehead atoms. The summed E-state index contributed by atoms with van der Waals surface area (Å²) in [6, 6.07) is 2.74. The molecule has 3 nitrogen and oxygen atoms in total. The third-order valence-electron chi connectivity index (χ3n) is 1.62. The molecular formula is C8H4ClFN2O. The number of carbonyl (C=O) groups excluding carboxylic acids is 1. The summed E-state index contributed by atoms with van der Waals surface area (Å²) in [5.74, 6) is -0.390. The smallest absolute Gasteiger partial charge is 0.272 e. The molecule has 5 heteroatoms. The van der Waals surface area contributed by atoms with Crippen LogP contribution in [0.2, 0.25) is 0 Å². The zero-order valence-electron chi connectivity index (χ0n) is 6.37. The van der Waals surface area contributed by atoms with E-state index < -0.39 is 11.1 Å². The number of rotatable bonds is 1. The van der Waals surface area contributed by atoms with Crippen LogP contribution in [0.3, 0.4) is 0 Å². The zero-order chi connectivity index (χ0) is 9.42. The third kappa shape index (κ3) is 1.40. The number of carbonyl (C=O) groups is 1. The highest BCUT2D eigenvalue weighted by Gasteiger charge is 2.07.